The van der Waals surface area contributed by atoms with Crippen molar-refractivity contribution >= 4 is 28.6 Å². The molecule has 0 aliphatic rings. The molecule has 2 aromatic carbocycles. The van der Waals surface area contributed by atoms with E-state index < -0.39 is 11.8 Å². The van der Waals surface area contributed by atoms with Gasteiger partial charge >= 0.3 is 5.97 Å². The van der Waals surface area contributed by atoms with Gasteiger partial charge in [0, 0.05) is 14.7 Å². The van der Waals surface area contributed by atoms with Crippen molar-refractivity contribution in [2.75, 3.05) is 0 Å². The molecular formula is C15H12FIO2. The molecule has 2 nitrogen and oxygen atoms in total. The largest absolute Gasteiger partial charge is 0.481 e. The van der Waals surface area contributed by atoms with Crippen molar-refractivity contribution in [3.8, 4) is 11.1 Å². The molecule has 98 valence electrons. The zero-order valence-corrected chi connectivity index (χ0v) is 12.4. The lowest BCUT2D eigenvalue weighted by atomic mass is 9.97. The number of carboxylic acids is 1. The van der Waals surface area contributed by atoms with Crippen LogP contribution >= 0.6 is 22.6 Å². The Morgan fingerprint density at radius 2 is 1.95 bits per heavy atom. The van der Waals surface area contributed by atoms with Crippen molar-refractivity contribution in [2.45, 2.75) is 13.3 Å². The highest BCUT2D eigenvalue weighted by Crippen LogP contribution is 2.30. The number of rotatable bonds is 3. The smallest absolute Gasteiger partial charge is 0.307 e. The number of aliphatic carboxylic acids is 1. The molecule has 2 rings (SSSR count). The summed E-state index contributed by atoms with van der Waals surface area (Å²) >= 11 is 2.11. The van der Waals surface area contributed by atoms with Gasteiger partial charge in [-0.2, -0.15) is 0 Å². The summed E-state index contributed by atoms with van der Waals surface area (Å²) in [5.41, 5.74) is 2.16. The fourth-order valence-electron chi connectivity index (χ4n) is 1.96. The minimum absolute atomic E-state index is 0.262. The van der Waals surface area contributed by atoms with Crippen molar-refractivity contribution in [3.63, 3.8) is 0 Å². The molecule has 0 aromatic heterocycles. The van der Waals surface area contributed by atoms with E-state index in [1.807, 2.05) is 30.3 Å². The van der Waals surface area contributed by atoms with Gasteiger partial charge in [0.25, 0.3) is 0 Å². The molecular weight excluding hydrogens is 358 g/mol. The van der Waals surface area contributed by atoms with Crippen LogP contribution in [-0.2, 0) is 11.2 Å². The molecule has 0 spiro atoms. The summed E-state index contributed by atoms with van der Waals surface area (Å²) in [5, 5.41) is 8.90. The summed E-state index contributed by atoms with van der Waals surface area (Å²) in [7, 11) is 0. The molecule has 0 saturated heterocycles. The average molecular weight is 370 g/mol. The normalized spacial score (nSPS) is 10.5. The van der Waals surface area contributed by atoms with Gasteiger partial charge in [0.15, 0.2) is 0 Å². The molecule has 0 atom stereocenters. The van der Waals surface area contributed by atoms with Gasteiger partial charge in [-0.15, -0.1) is 0 Å². The third kappa shape index (κ3) is 2.94. The maximum absolute atomic E-state index is 14.5. The Balaban J connectivity index is 2.64. The van der Waals surface area contributed by atoms with Crippen LogP contribution < -0.4 is 0 Å². The van der Waals surface area contributed by atoms with Gasteiger partial charge in [-0.3, -0.25) is 4.79 Å². The van der Waals surface area contributed by atoms with Crippen LogP contribution in [0.3, 0.4) is 0 Å². The van der Waals surface area contributed by atoms with E-state index in [4.69, 9.17) is 5.11 Å². The number of hydrogen-bond acceptors (Lipinski definition) is 1. The second-order valence-corrected chi connectivity index (χ2v) is 5.42. The van der Waals surface area contributed by atoms with Crippen LogP contribution in [-0.4, -0.2) is 11.1 Å². The van der Waals surface area contributed by atoms with Crippen molar-refractivity contribution in [2.24, 2.45) is 0 Å². The maximum atomic E-state index is 14.5. The van der Waals surface area contributed by atoms with Crippen LogP contribution in [0.25, 0.3) is 11.1 Å². The topological polar surface area (TPSA) is 37.3 Å². The SMILES string of the molecule is Cc1c(I)cc(-c2ccccc2)c(F)c1CC(=O)O. The zero-order chi connectivity index (χ0) is 14.0. The van der Waals surface area contributed by atoms with E-state index in [2.05, 4.69) is 22.6 Å². The van der Waals surface area contributed by atoms with Crippen LogP contribution in [0.15, 0.2) is 36.4 Å². The molecule has 19 heavy (non-hydrogen) atoms. The minimum atomic E-state index is -1.02. The molecule has 2 aromatic rings. The Hall–Kier alpha value is -1.43. The predicted octanol–water partition coefficient (Wildman–Crippen LogP) is 4.03. The standard InChI is InChI=1S/C15H12FIO2/c1-9-11(8-14(18)19)15(16)12(7-13(9)17)10-5-3-2-4-6-10/h2-7H,8H2,1H3,(H,18,19). The summed E-state index contributed by atoms with van der Waals surface area (Å²) in [6, 6.07) is 10.9. The van der Waals surface area contributed by atoms with Gasteiger partial charge in [0.05, 0.1) is 6.42 Å². The lowest BCUT2D eigenvalue weighted by molar-refractivity contribution is -0.136. The summed E-state index contributed by atoms with van der Waals surface area (Å²) in [6.07, 6.45) is -0.297. The first kappa shape index (κ1) is 14.0. The van der Waals surface area contributed by atoms with Gasteiger partial charge < -0.3 is 5.11 Å². The van der Waals surface area contributed by atoms with Crippen molar-refractivity contribution in [1.82, 2.24) is 0 Å². The van der Waals surface area contributed by atoms with E-state index in [0.29, 0.717) is 11.1 Å². The summed E-state index contributed by atoms with van der Waals surface area (Å²) in [4.78, 5) is 10.9. The third-order valence-corrected chi connectivity index (χ3v) is 4.12. The monoisotopic (exact) mass is 370 g/mol. The van der Waals surface area contributed by atoms with Gasteiger partial charge in [-0.05, 0) is 46.7 Å². The molecule has 4 heteroatoms. The number of hydrogen-bond donors (Lipinski definition) is 1. The molecule has 0 aliphatic carbocycles. The van der Waals surface area contributed by atoms with Gasteiger partial charge in [-0.25, -0.2) is 4.39 Å². The van der Waals surface area contributed by atoms with E-state index >= 15 is 0 Å². The van der Waals surface area contributed by atoms with E-state index in [0.717, 1.165) is 9.13 Å². The second kappa shape index (κ2) is 5.69. The molecule has 0 heterocycles. The summed E-state index contributed by atoms with van der Waals surface area (Å²) in [5.74, 6) is -1.46. The Labute approximate surface area is 124 Å². The molecule has 0 bridgehead atoms. The summed E-state index contributed by atoms with van der Waals surface area (Å²) in [6.45, 7) is 1.75. The lowest BCUT2D eigenvalue weighted by Gasteiger charge is -2.12. The van der Waals surface area contributed by atoms with E-state index in [1.165, 1.54) is 0 Å². The first-order valence-electron chi connectivity index (χ1n) is 5.75. The van der Waals surface area contributed by atoms with Crippen LogP contribution in [0, 0.1) is 16.3 Å². The van der Waals surface area contributed by atoms with Crippen molar-refractivity contribution in [1.29, 1.82) is 0 Å². The third-order valence-electron chi connectivity index (χ3n) is 3.00. The predicted molar refractivity (Wildman–Crippen MR) is 80.6 cm³/mol. The highest BCUT2D eigenvalue weighted by Gasteiger charge is 2.17. The number of carbonyl (C=O) groups is 1. The van der Waals surface area contributed by atoms with Gasteiger partial charge in [0.2, 0.25) is 0 Å². The first-order chi connectivity index (χ1) is 9.00. The number of carboxylic acid groups (broad SMARTS) is 1. The highest BCUT2D eigenvalue weighted by atomic mass is 127. The maximum Gasteiger partial charge on any atom is 0.307 e. The molecule has 0 amide bonds. The Kier molecular flexibility index (Phi) is 4.19. The Bertz CT molecular complexity index is 624. The van der Waals surface area contributed by atoms with Crippen LogP contribution in [0.2, 0.25) is 0 Å². The molecule has 0 saturated carbocycles. The average Bonchev–Trinajstić information content (AvgIpc) is 2.39. The highest BCUT2D eigenvalue weighted by molar-refractivity contribution is 14.1. The second-order valence-electron chi connectivity index (χ2n) is 4.26. The molecule has 0 unspecified atom stereocenters. The fourth-order valence-corrected chi connectivity index (χ4v) is 2.60. The van der Waals surface area contributed by atoms with Crippen molar-refractivity contribution < 1.29 is 14.3 Å². The first-order valence-corrected chi connectivity index (χ1v) is 6.83. The number of halogens is 2. The van der Waals surface area contributed by atoms with E-state index in [1.54, 1.807) is 13.0 Å². The van der Waals surface area contributed by atoms with Gasteiger partial charge in [-0.1, -0.05) is 30.3 Å². The van der Waals surface area contributed by atoms with Crippen LogP contribution in [0.1, 0.15) is 11.1 Å². The molecule has 0 aliphatic heterocycles. The molecule has 1 N–H and O–H groups in total. The lowest BCUT2D eigenvalue weighted by Crippen LogP contribution is -2.07. The Morgan fingerprint density at radius 3 is 2.53 bits per heavy atom. The summed E-state index contributed by atoms with van der Waals surface area (Å²) < 4.78 is 15.4. The minimum Gasteiger partial charge on any atom is -0.481 e. The van der Waals surface area contributed by atoms with Crippen molar-refractivity contribution in [3.05, 3.63) is 56.9 Å². The van der Waals surface area contributed by atoms with E-state index in [-0.39, 0.29) is 12.0 Å². The van der Waals surface area contributed by atoms with Crippen LogP contribution in [0.5, 0.6) is 0 Å². The molecule has 0 radical (unpaired) electrons. The Morgan fingerprint density at radius 1 is 1.32 bits per heavy atom. The molecule has 0 fully saturated rings. The quantitative estimate of drug-likeness (QED) is 0.829. The zero-order valence-electron chi connectivity index (χ0n) is 10.3. The fraction of sp³-hybridized carbons (Fsp3) is 0.133. The van der Waals surface area contributed by atoms with E-state index in [9.17, 15) is 9.18 Å². The number of benzene rings is 2. The van der Waals surface area contributed by atoms with Gasteiger partial charge in [0.1, 0.15) is 5.82 Å². The van der Waals surface area contributed by atoms with Crippen LogP contribution in [0.4, 0.5) is 4.39 Å².